The van der Waals surface area contributed by atoms with Crippen molar-refractivity contribution in [1.29, 1.82) is 0 Å². The van der Waals surface area contributed by atoms with E-state index < -0.39 is 5.97 Å². The molecule has 0 atom stereocenters. The predicted octanol–water partition coefficient (Wildman–Crippen LogP) is 4.60. The molecule has 168 valence electrons. The Morgan fingerprint density at radius 3 is 2.47 bits per heavy atom. The van der Waals surface area contributed by atoms with Gasteiger partial charge < -0.3 is 18.9 Å². The minimum absolute atomic E-state index is 0.0392. The minimum Gasteiger partial charge on any atom is -0.495 e. The molecule has 1 heterocycles. The van der Waals surface area contributed by atoms with E-state index in [1.54, 1.807) is 42.8 Å². The van der Waals surface area contributed by atoms with Gasteiger partial charge in [-0.3, -0.25) is 9.69 Å². The first-order valence-electron chi connectivity index (χ1n) is 9.84. The largest absolute Gasteiger partial charge is 0.495 e. The first-order valence-corrected chi connectivity index (χ1v) is 10.7. The van der Waals surface area contributed by atoms with Crippen molar-refractivity contribution in [2.45, 2.75) is 20.5 Å². The summed E-state index contributed by atoms with van der Waals surface area (Å²) >= 11 is 1.27. The Morgan fingerprint density at radius 2 is 1.78 bits per heavy atom. The van der Waals surface area contributed by atoms with Gasteiger partial charge in [-0.2, -0.15) is 0 Å². The van der Waals surface area contributed by atoms with Gasteiger partial charge in [-0.1, -0.05) is 12.1 Å². The lowest BCUT2D eigenvalue weighted by Crippen LogP contribution is -2.23. The standard InChI is InChI=1S/C23H24N2O6S/c1-5-30-20-11-10-16(12-21(20)29-4)22(27)31-13-17-14-32-23(24-17)25(15(2)26)18-8-6-7-9-19(18)28-3/h6-12,14H,5,13H2,1-4H3. The number of esters is 1. The normalized spacial score (nSPS) is 10.4. The smallest absolute Gasteiger partial charge is 0.338 e. The Hall–Kier alpha value is -3.59. The van der Waals surface area contributed by atoms with Crippen LogP contribution in [0, 0.1) is 0 Å². The van der Waals surface area contributed by atoms with Crippen LogP contribution in [0.2, 0.25) is 0 Å². The van der Waals surface area contributed by atoms with E-state index in [4.69, 9.17) is 18.9 Å². The first-order chi connectivity index (χ1) is 15.5. The maximum atomic E-state index is 12.5. The quantitative estimate of drug-likeness (QED) is 0.435. The number of thiazole rings is 1. The van der Waals surface area contributed by atoms with E-state index in [-0.39, 0.29) is 12.5 Å². The van der Waals surface area contributed by atoms with Crippen LogP contribution in [0.4, 0.5) is 10.8 Å². The van der Waals surface area contributed by atoms with Crippen molar-refractivity contribution in [3.05, 3.63) is 59.1 Å². The maximum Gasteiger partial charge on any atom is 0.338 e. The highest BCUT2D eigenvalue weighted by Crippen LogP contribution is 2.35. The molecule has 0 saturated carbocycles. The third-order valence-corrected chi connectivity index (χ3v) is 5.30. The fraction of sp³-hybridized carbons (Fsp3) is 0.261. The third kappa shape index (κ3) is 5.17. The lowest BCUT2D eigenvalue weighted by Gasteiger charge is -2.20. The zero-order chi connectivity index (χ0) is 23.1. The van der Waals surface area contributed by atoms with Crippen molar-refractivity contribution < 1.29 is 28.5 Å². The van der Waals surface area contributed by atoms with E-state index in [1.165, 1.54) is 30.3 Å². The molecule has 1 aromatic heterocycles. The third-order valence-electron chi connectivity index (χ3n) is 4.42. The molecule has 1 amide bonds. The van der Waals surface area contributed by atoms with Gasteiger partial charge in [0.25, 0.3) is 0 Å². The van der Waals surface area contributed by atoms with Crippen molar-refractivity contribution in [3.63, 3.8) is 0 Å². The Kier molecular flexibility index (Phi) is 7.67. The number of carbonyl (C=O) groups excluding carboxylic acids is 2. The summed E-state index contributed by atoms with van der Waals surface area (Å²) in [6, 6.07) is 12.0. The number of hydrogen-bond acceptors (Lipinski definition) is 8. The SMILES string of the molecule is CCOc1ccc(C(=O)OCc2csc(N(C(C)=O)c3ccccc3OC)n2)cc1OC. The zero-order valence-electron chi connectivity index (χ0n) is 18.3. The van der Waals surface area contributed by atoms with Gasteiger partial charge in [0, 0.05) is 12.3 Å². The Labute approximate surface area is 190 Å². The van der Waals surface area contributed by atoms with Crippen molar-refractivity contribution in [3.8, 4) is 17.2 Å². The van der Waals surface area contributed by atoms with Gasteiger partial charge in [-0.05, 0) is 37.3 Å². The molecule has 0 aliphatic rings. The van der Waals surface area contributed by atoms with E-state index in [2.05, 4.69) is 4.98 Å². The number of aromatic nitrogens is 1. The topological polar surface area (TPSA) is 87.2 Å². The van der Waals surface area contributed by atoms with Crippen LogP contribution in [-0.2, 0) is 16.1 Å². The summed E-state index contributed by atoms with van der Waals surface area (Å²) in [6.07, 6.45) is 0. The van der Waals surface area contributed by atoms with E-state index in [1.807, 2.05) is 19.1 Å². The minimum atomic E-state index is -0.519. The molecule has 32 heavy (non-hydrogen) atoms. The summed E-state index contributed by atoms with van der Waals surface area (Å²) in [5.41, 5.74) is 1.44. The predicted molar refractivity (Wildman–Crippen MR) is 121 cm³/mol. The monoisotopic (exact) mass is 456 g/mol. The van der Waals surface area contributed by atoms with Crippen LogP contribution >= 0.6 is 11.3 Å². The molecular weight excluding hydrogens is 432 g/mol. The molecule has 2 aromatic carbocycles. The summed E-state index contributed by atoms with van der Waals surface area (Å²) in [6.45, 7) is 3.76. The summed E-state index contributed by atoms with van der Waals surface area (Å²) in [5, 5.41) is 2.20. The molecule has 8 nitrogen and oxygen atoms in total. The highest BCUT2D eigenvalue weighted by Gasteiger charge is 2.21. The number of ether oxygens (including phenoxy) is 4. The van der Waals surface area contributed by atoms with Crippen molar-refractivity contribution in [2.24, 2.45) is 0 Å². The number of amides is 1. The molecule has 0 N–H and O–H groups in total. The number of benzene rings is 2. The number of methoxy groups -OCH3 is 2. The average Bonchev–Trinajstić information content (AvgIpc) is 3.26. The van der Waals surface area contributed by atoms with Crippen LogP contribution in [0.15, 0.2) is 47.8 Å². The Bertz CT molecular complexity index is 1100. The van der Waals surface area contributed by atoms with Crippen LogP contribution in [0.5, 0.6) is 17.2 Å². The van der Waals surface area contributed by atoms with Crippen molar-refractivity contribution in [1.82, 2.24) is 4.98 Å². The molecule has 9 heteroatoms. The maximum absolute atomic E-state index is 12.5. The molecule has 0 radical (unpaired) electrons. The van der Waals surface area contributed by atoms with E-state index >= 15 is 0 Å². The lowest BCUT2D eigenvalue weighted by molar-refractivity contribution is -0.115. The highest BCUT2D eigenvalue weighted by atomic mass is 32.1. The highest BCUT2D eigenvalue weighted by molar-refractivity contribution is 7.14. The van der Waals surface area contributed by atoms with E-state index in [0.29, 0.717) is 45.9 Å². The molecule has 0 aliphatic carbocycles. The van der Waals surface area contributed by atoms with Crippen LogP contribution in [-0.4, -0.2) is 37.7 Å². The second-order valence-corrected chi connectivity index (χ2v) is 7.36. The molecule has 0 fully saturated rings. The van der Waals surface area contributed by atoms with Gasteiger partial charge in [-0.25, -0.2) is 9.78 Å². The van der Waals surface area contributed by atoms with Gasteiger partial charge in [-0.15, -0.1) is 11.3 Å². The molecule has 3 rings (SSSR count). The summed E-state index contributed by atoms with van der Waals surface area (Å²) in [7, 11) is 3.05. The van der Waals surface area contributed by atoms with Crippen molar-refractivity contribution in [2.75, 3.05) is 25.7 Å². The molecule has 0 spiro atoms. The van der Waals surface area contributed by atoms with Crippen LogP contribution in [0.1, 0.15) is 29.9 Å². The van der Waals surface area contributed by atoms with E-state index in [9.17, 15) is 9.59 Å². The van der Waals surface area contributed by atoms with Gasteiger partial charge >= 0.3 is 5.97 Å². The molecule has 0 unspecified atom stereocenters. The lowest BCUT2D eigenvalue weighted by atomic mass is 10.2. The fourth-order valence-electron chi connectivity index (χ4n) is 2.98. The molecular formula is C23H24N2O6S. The summed E-state index contributed by atoms with van der Waals surface area (Å²) < 4.78 is 21.5. The molecule has 0 aliphatic heterocycles. The molecule has 0 saturated heterocycles. The number of carbonyl (C=O) groups is 2. The zero-order valence-corrected chi connectivity index (χ0v) is 19.1. The van der Waals surface area contributed by atoms with Gasteiger partial charge in [0.1, 0.15) is 12.4 Å². The molecule has 3 aromatic rings. The Balaban J connectivity index is 1.73. The first kappa shape index (κ1) is 23.1. The Morgan fingerprint density at radius 1 is 1.03 bits per heavy atom. The van der Waals surface area contributed by atoms with Gasteiger partial charge in [0.15, 0.2) is 16.6 Å². The average molecular weight is 457 g/mol. The number of para-hydroxylation sites is 2. The van der Waals surface area contributed by atoms with E-state index in [0.717, 1.165) is 0 Å². The van der Waals surface area contributed by atoms with Crippen LogP contribution in [0.3, 0.4) is 0 Å². The number of anilines is 2. The van der Waals surface area contributed by atoms with Crippen LogP contribution < -0.4 is 19.1 Å². The number of nitrogens with zero attached hydrogens (tertiary/aromatic N) is 2. The second kappa shape index (κ2) is 10.6. The van der Waals surface area contributed by atoms with Crippen LogP contribution in [0.25, 0.3) is 0 Å². The number of hydrogen-bond donors (Lipinski definition) is 0. The second-order valence-electron chi connectivity index (χ2n) is 6.52. The van der Waals surface area contributed by atoms with Crippen molar-refractivity contribution >= 4 is 34.0 Å². The van der Waals surface area contributed by atoms with Gasteiger partial charge in [0.2, 0.25) is 5.91 Å². The summed E-state index contributed by atoms with van der Waals surface area (Å²) in [4.78, 5) is 30.8. The molecule has 0 bridgehead atoms. The number of rotatable bonds is 9. The summed E-state index contributed by atoms with van der Waals surface area (Å²) in [5.74, 6) is 0.820. The fourth-order valence-corrected chi connectivity index (χ4v) is 3.84. The van der Waals surface area contributed by atoms with Gasteiger partial charge in [0.05, 0.1) is 37.8 Å².